The quantitative estimate of drug-likeness (QED) is 0.119. The van der Waals surface area contributed by atoms with Gasteiger partial charge in [0, 0.05) is 112 Å². The zero-order valence-corrected chi connectivity index (χ0v) is 40.4. The van der Waals surface area contributed by atoms with Crippen LogP contribution >= 0.6 is 0 Å². The number of hydrogen-bond acceptors (Lipinski definition) is 14. The number of carbonyl (C=O) groups is 4. The predicted molar refractivity (Wildman–Crippen MR) is 182 cm³/mol. The fourth-order valence-electron chi connectivity index (χ4n) is 8.80. The van der Waals surface area contributed by atoms with Gasteiger partial charge in [0.1, 0.15) is 47.9 Å². The molecule has 2 radical (unpaired) electrons. The number of furan rings is 1. The van der Waals surface area contributed by atoms with Gasteiger partial charge in [-0.15, -0.1) is 0 Å². The van der Waals surface area contributed by atoms with E-state index in [1.165, 1.54) is 64.3 Å². The van der Waals surface area contributed by atoms with Crippen LogP contribution in [0.1, 0.15) is 62.7 Å². The van der Waals surface area contributed by atoms with Crippen molar-refractivity contribution in [1.82, 2.24) is 5.32 Å². The Kier molecular flexibility index (Phi) is 14.6. The Morgan fingerprint density at radius 3 is 2.31 bits per heavy atom. The summed E-state index contributed by atoms with van der Waals surface area (Å²) in [5.41, 5.74) is -7.64. The first kappa shape index (κ1) is 46.2. The van der Waals surface area contributed by atoms with Gasteiger partial charge in [0.2, 0.25) is 0 Å². The van der Waals surface area contributed by atoms with E-state index in [1.54, 1.807) is 18.2 Å². The van der Waals surface area contributed by atoms with E-state index in [9.17, 15) is 44.7 Å². The number of aliphatic hydroxyl groups excluding tert-OH is 3. The summed E-state index contributed by atoms with van der Waals surface area (Å²) in [6.45, 7) is 8.89. The molecule has 4 aliphatic rings. The standard InChI is InChI=1S/C38H45NO14.2Ac/c1-6-14-50-34(46)39-26(21-13-10-15-49-21)28(42)33(45)52-22-17-38(48)31(53-32(44)20-11-8-7-9-12-20)29-36(5,23(40)16-24-37(29,47)18-51-24)30(43)27(41)25(19(22)2)35(38,3)4;;/h6-13,15,22-24,26-29,31,40-42,47-48H,1,14,16-18H2,2-5H3,(H,39,46);;/t22-,23-,24+,26-,27+,28+,29-,31-,36+,37-,38+;;/m0../s1. The molecule has 55 heavy (non-hydrogen) atoms. The van der Waals surface area contributed by atoms with E-state index in [1.807, 2.05) is 0 Å². The van der Waals surface area contributed by atoms with E-state index in [-0.39, 0.29) is 130 Å². The molecule has 0 spiro atoms. The molecule has 2 heterocycles. The number of aliphatic hydroxyl groups is 5. The van der Waals surface area contributed by atoms with Gasteiger partial charge in [0.05, 0.1) is 36.1 Å². The number of benzene rings is 1. The van der Waals surface area contributed by atoms with Crippen molar-refractivity contribution in [2.24, 2.45) is 16.7 Å². The molecule has 11 atom stereocenters. The molecule has 17 heteroatoms. The van der Waals surface area contributed by atoms with E-state index in [4.69, 9.17) is 23.4 Å². The number of ketones is 1. The number of hydrogen-bond donors (Lipinski definition) is 6. The Labute approximate surface area is 389 Å². The van der Waals surface area contributed by atoms with Gasteiger partial charge in [0.25, 0.3) is 0 Å². The van der Waals surface area contributed by atoms with E-state index in [2.05, 4.69) is 11.9 Å². The van der Waals surface area contributed by atoms with Gasteiger partial charge in [-0.25, -0.2) is 14.4 Å². The third kappa shape index (κ3) is 7.74. The Morgan fingerprint density at radius 1 is 1.05 bits per heavy atom. The van der Waals surface area contributed by atoms with Crippen molar-refractivity contribution in [2.45, 2.75) is 94.4 Å². The average Bonchev–Trinajstić information content (AvgIpc) is 3.66. The molecule has 2 bridgehead atoms. The van der Waals surface area contributed by atoms with Gasteiger partial charge in [-0.05, 0) is 49.3 Å². The molecule has 6 rings (SSSR count). The predicted octanol–water partition coefficient (Wildman–Crippen LogP) is 1.67. The molecule has 3 aliphatic carbocycles. The maximum absolute atomic E-state index is 14.6. The average molecular weight is 1190 g/mol. The zero-order chi connectivity index (χ0) is 38.7. The molecule has 15 nitrogen and oxygen atoms in total. The molecule has 292 valence electrons. The summed E-state index contributed by atoms with van der Waals surface area (Å²) < 4.78 is 27.9. The minimum absolute atomic E-state index is 0. The van der Waals surface area contributed by atoms with Gasteiger partial charge < -0.3 is 54.2 Å². The number of carbonyl (C=O) groups excluding carboxylic acids is 4. The number of fused-ring (bicyclic) bond motifs is 5. The summed E-state index contributed by atoms with van der Waals surface area (Å²) >= 11 is 0. The van der Waals surface area contributed by atoms with Crippen LogP contribution in [0.3, 0.4) is 0 Å². The van der Waals surface area contributed by atoms with Crippen LogP contribution in [-0.4, -0.2) is 110 Å². The summed E-state index contributed by atoms with van der Waals surface area (Å²) in [7, 11) is 0. The molecule has 1 saturated heterocycles. The van der Waals surface area contributed by atoms with Crippen LogP contribution in [0.4, 0.5) is 4.79 Å². The monoisotopic (exact) mass is 1190 g/mol. The molecule has 6 N–H and O–H groups in total. The van der Waals surface area contributed by atoms with Crippen molar-refractivity contribution in [2.75, 3.05) is 13.2 Å². The zero-order valence-electron chi connectivity index (χ0n) is 30.9. The number of amides is 1. The third-order valence-electron chi connectivity index (χ3n) is 11.9. The van der Waals surface area contributed by atoms with Crippen LogP contribution in [0.2, 0.25) is 0 Å². The number of Topliss-reactive ketones (excluding diaryl/α,β-unsaturated/α-hetero) is 1. The second-order valence-corrected chi connectivity index (χ2v) is 15.0. The minimum Gasteiger partial charge on any atom is -0.467 e. The van der Waals surface area contributed by atoms with Crippen LogP contribution < -0.4 is 5.32 Å². The van der Waals surface area contributed by atoms with Gasteiger partial charge in [-0.2, -0.15) is 0 Å². The van der Waals surface area contributed by atoms with Crippen molar-refractivity contribution >= 4 is 23.8 Å². The van der Waals surface area contributed by atoms with Crippen molar-refractivity contribution < 1.29 is 156 Å². The number of esters is 2. The topological polar surface area (TPSA) is 232 Å². The summed E-state index contributed by atoms with van der Waals surface area (Å²) in [6.07, 6.45) is -8.97. The molecule has 1 amide bonds. The molecule has 3 fully saturated rings. The van der Waals surface area contributed by atoms with E-state index >= 15 is 0 Å². The van der Waals surface area contributed by atoms with Crippen LogP contribution in [0.15, 0.2) is 76.9 Å². The van der Waals surface area contributed by atoms with Crippen LogP contribution in [0.25, 0.3) is 0 Å². The van der Waals surface area contributed by atoms with Crippen molar-refractivity contribution in [3.63, 3.8) is 0 Å². The maximum Gasteiger partial charge on any atom is 0.408 e. The summed E-state index contributed by atoms with van der Waals surface area (Å²) in [6, 6.07) is 9.20. The molecule has 2 saturated carbocycles. The van der Waals surface area contributed by atoms with Crippen LogP contribution in [-0.2, 0) is 28.5 Å². The van der Waals surface area contributed by atoms with Gasteiger partial charge >= 0.3 is 18.0 Å². The Bertz CT molecular complexity index is 1800. The SMILES string of the molecule is C=CCOC(=O)N[C@@H](c1ccco1)[C@@H](O)C(=O)O[C@H]1C[C@@]2(O)[C@@H](OC(=O)c3ccccc3)[C@@H]3[C@]4(O)CO[C@@H]4C[C@H](O)[C@@]3(C)C(=O)[C@H](O)C(=C1C)C2(C)C.[Ac].[Ac]. The molecule has 1 aromatic carbocycles. The van der Waals surface area contributed by atoms with Crippen LogP contribution in [0.5, 0.6) is 0 Å². The molecular formula is C38H45Ac2NO14. The number of rotatable bonds is 9. The summed E-state index contributed by atoms with van der Waals surface area (Å²) in [5, 5.41) is 62.5. The van der Waals surface area contributed by atoms with Gasteiger partial charge in [-0.1, -0.05) is 44.7 Å². The third-order valence-corrected chi connectivity index (χ3v) is 11.9. The second-order valence-electron chi connectivity index (χ2n) is 15.0. The Hall–Kier alpha value is -1.50. The van der Waals surface area contributed by atoms with E-state index in [0.29, 0.717) is 0 Å². The summed E-state index contributed by atoms with van der Waals surface area (Å²) in [4.78, 5) is 54.7. The van der Waals surface area contributed by atoms with Gasteiger partial charge in [-0.3, -0.25) is 4.79 Å². The fraction of sp³-hybridized carbons (Fsp3) is 0.526. The number of ether oxygens (including phenoxy) is 4. The first-order valence-corrected chi connectivity index (χ1v) is 17.3. The maximum atomic E-state index is 14.6. The van der Waals surface area contributed by atoms with Crippen molar-refractivity contribution in [1.29, 1.82) is 0 Å². The normalized spacial score (nSPS) is 34.2. The van der Waals surface area contributed by atoms with E-state index < -0.39 is 101 Å². The van der Waals surface area contributed by atoms with Crippen molar-refractivity contribution in [3.05, 3.63) is 83.9 Å². The van der Waals surface area contributed by atoms with Gasteiger partial charge in [0.15, 0.2) is 11.9 Å². The first-order chi connectivity index (χ1) is 24.9. The second kappa shape index (κ2) is 17.4. The largest absolute Gasteiger partial charge is 0.467 e. The fourth-order valence-corrected chi connectivity index (χ4v) is 8.80. The van der Waals surface area contributed by atoms with Crippen molar-refractivity contribution in [3.8, 4) is 0 Å². The number of nitrogens with one attached hydrogen (secondary N) is 1. The molecular weight excluding hydrogens is 1150 g/mol. The Balaban J connectivity index is 0.00000336. The smallest absolute Gasteiger partial charge is 0.408 e. The van der Waals surface area contributed by atoms with E-state index in [0.717, 1.165) is 0 Å². The first-order valence-electron chi connectivity index (χ1n) is 17.3. The minimum atomic E-state index is -2.32. The molecule has 0 unspecified atom stereocenters. The molecule has 2 aromatic rings. The Morgan fingerprint density at radius 2 is 1.73 bits per heavy atom. The van der Waals surface area contributed by atoms with Crippen LogP contribution in [0, 0.1) is 105 Å². The number of alkyl carbamates (subject to hydrolysis) is 1. The molecule has 1 aliphatic heterocycles. The molecule has 1 aromatic heterocycles. The summed E-state index contributed by atoms with van der Waals surface area (Å²) in [5.74, 6) is -4.67.